The number of amides is 1. The zero-order chi connectivity index (χ0) is 11.8. The quantitative estimate of drug-likeness (QED) is 0.675. The van der Waals surface area contributed by atoms with Crippen LogP contribution in [0, 0.1) is 0 Å². The van der Waals surface area contributed by atoms with Gasteiger partial charge in [0.05, 0.1) is 6.61 Å². The first-order valence-electron chi connectivity index (χ1n) is 6.13. The van der Waals surface area contributed by atoms with Crippen LogP contribution in [-0.4, -0.2) is 49.8 Å². The molecular formula is C11H23N3O2. The van der Waals surface area contributed by atoms with Crippen molar-refractivity contribution in [1.82, 2.24) is 10.2 Å². The summed E-state index contributed by atoms with van der Waals surface area (Å²) in [6, 6.07) is 0.525. The van der Waals surface area contributed by atoms with Gasteiger partial charge in [-0.25, -0.2) is 4.79 Å². The van der Waals surface area contributed by atoms with Gasteiger partial charge in [-0.05, 0) is 39.3 Å². The first-order valence-corrected chi connectivity index (χ1v) is 6.13. The van der Waals surface area contributed by atoms with E-state index in [1.54, 1.807) is 4.90 Å². The van der Waals surface area contributed by atoms with Crippen molar-refractivity contribution in [3.63, 3.8) is 0 Å². The molecule has 0 aromatic carbocycles. The number of rotatable bonds is 5. The maximum absolute atomic E-state index is 11.4. The minimum Gasteiger partial charge on any atom is -0.450 e. The van der Waals surface area contributed by atoms with Gasteiger partial charge in [-0.1, -0.05) is 0 Å². The number of nitrogens with one attached hydrogen (secondary N) is 1. The van der Waals surface area contributed by atoms with Crippen LogP contribution in [0.25, 0.3) is 0 Å². The molecule has 5 nitrogen and oxygen atoms in total. The fourth-order valence-corrected chi connectivity index (χ4v) is 1.89. The van der Waals surface area contributed by atoms with E-state index >= 15 is 0 Å². The molecule has 94 valence electrons. The van der Waals surface area contributed by atoms with E-state index in [1.807, 2.05) is 6.92 Å². The minimum absolute atomic E-state index is 0.178. The Bertz CT molecular complexity index is 203. The summed E-state index contributed by atoms with van der Waals surface area (Å²) in [5.41, 5.74) is 5.43. The second kappa shape index (κ2) is 7.46. The molecular weight excluding hydrogens is 206 g/mol. The monoisotopic (exact) mass is 229 g/mol. The van der Waals surface area contributed by atoms with Crippen molar-refractivity contribution in [3.05, 3.63) is 0 Å². The molecule has 0 unspecified atom stereocenters. The first-order chi connectivity index (χ1) is 7.77. The van der Waals surface area contributed by atoms with E-state index in [0.29, 0.717) is 12.6 Å². The van der Waals surface area contributed by atoms with Crippen molar-refractivity contribution in [1.29, 1.82) is 0 Å². The number of carbonyl (C=O) groups is 1. The Kier molecular flexibility index (Phi) is 6.18. The Balaban J connectivity index is 2.15. The van der Waals surface area contributed by atoms with E-state index in [-0.39, 0.29) is 6.09 Å². The highest BCUT2D eigenvalue weighted by atomic mass is 16.6. The molecule has 1 amide bonds. The first kappa shape index (κ1) is 13.3. The third-order valence-electron chi connectivity index (χ3n) is 2.83. The summed E-state index contributed by atoms with van der Waals surface area (Å²) in [7, 11) is 0. The fraction of sp³-hybridized carbons (Fsp3) is 0.909. The lowest BCUT2D eigenvalue weighted by molar-refractivity contribution is 0.0951. The number of piperidine rings is 1. The van der Waals surface area contributed by atoms with E-state index in [9.17, 15) is 4.79 Å². The van der Waals surface area contributed by atoms with Crippen LogP contribution >= 0.6 is 0 Å². The number of carbonyl (C=O) groups excluding carboxylic acids is 1. The van der Waals surface area contributed by atoms with Gasteiger partial charge in [-0.2, -0.15) is 0 Å². The van der Waals surface area contributed by atoms with E-state index in [4.69, 9.17) is 10.5 Å². The molecule has 0 bridgehead atoms. The molecule has 1 fully saturated rings. The molecule has 1 rings (SSSR count). The van der Waals surface area contributed by atoms with E-state index in [0.717, 1.165) is 45.4 Å². The molecule has 3 N–H and O–H groups in total. The standard InChI is InChI=1S/C11H23N3O2/c1-2-16-11(15)14-8-4-10(5-9-14)13-7-3-6-12/h10,13H,2-9,12H2,1H3. The van der Waals surface area contributed by atoms with Gasteiger partial charge < -0.3 is 20.7 Å². The van der Waals surface area contributed by atoms with Crippen LogP contribution in [0.2, 0.25) is 0 Å². The summed E-state index contributed by atoms with van der Waals surface area (Å²) in [6.07, 6.45) is 2.84. The Morgan fingerprint density at radius 2 is 2.19 bits per heavy atom. The largest absolute Gasteiger partial charge is 0.450 e. The zero-order valence-electron chi connectivity index (χ0n) is 10.1. The van der Waals surface area contributed by atoms with Crippen LogP contribution in [0.15, 0.2) is 0 Å². The number of ether oxygens (including phenoxy) is 1. The lowest BCUT2D eigenvalue weighted by Crippen LogP contribution is -2.45. The smallest absolute Gasteiger partial charge is 0.409 e. The van der Waals surface area contributed by atoms with Gasteiger partial charge in [0.1, 0.15) is 0 Å². The van der Waals surface area contributed by atoms with Crippen LogP contribution in [0.5, 0.6) is 0 Å². The van der Waals surface area contributed by atoms with Crippen molar-refractivity contribution in [2.75, 3.05) is 32.8 Å². The van der Waals surface area contributed by atoms with Gasteiger partial charge in [-0.3, -0.25) is 0 Å². The molecule has 0 aliphatic carbocycles. The van der Waals surface area contributed by atoms with Crippen molar-refractivity contribution in [3.8, 4) is 0 Å². The second-order valence-electron chi connectivity index (χ2n) is 4.06. The SMILES string of the molecule is CCOC(=O)N1CCC(NCCCN)CC1. The summed E-state index contributed by atoms with van der Waals surface area (Å²) in [5, 5.41) is 3.46. The molecule has 1 aliphatic heterocycles. The number of nitrogens with two attached hydrogens (primary N) is 1. The molecule has 1 heterocycles. The lowest BCUT2D eigenvalue weighted by Gasteiger charge is -2.31. The summed E-state index contributed by atoms with van der Waals surface area (Å²) in [5.74, 6) is 0. The van der Waals surface area contributed by atoms with Gasteiger partial charge in [0, 0.05) is 19.1 Å². The van der Waals surface area contributed by atoms with E-state index < -0.39 is 0 Å². The summed E-state index contributed by atoms with van der Waals surface area (Å²) in [6.45, 7) is 5.57. The van der Waals surface area contributed by atoms with Crippen LogP contribution in [0.3, 0.4) is 0 Å². The number of likely N-dealkylation sites (tertiary alicyclic amines) is 1. The molecule has 1 saturated heterocycles. The molecule has 0 atom stereocenters. The predicted octanol–water partition coefficient (Wildman–Crippen LogP) is 0.546. The number of hydrogen-bond acceptors (Lipinski definition) is 4. The Labute approximate surface area is 97.3 Å². The molecule has 0 aromatic heterocycles. The topological polar surface area (TPSA) is 67.6 Å². The van der Waals surface area contributed by atoms with Crippen molar-refractivity contribution < 1.29 is 9.53 Å². The average molecular weight is 229 g/mol. The van der Waals surface area contributed by atoms with Crippen LogP contribution in [0.1, 0.15) is 26.2 Å². The van der Waals surface area contributed by atoms with Crippen molar-refractivity contribution >= 4 is 6.09 Å². The molecule has 1 aliphatic rings. The van der Waals surface area contributed by atoms with Gasteiger partial charge in [0.2, 0.25) is 0 Å². The third-order valence-corrected chi connectivity index (χ3v) is 2.83. The van der Waals surface area contributed by atoms with Gasteiger partial charge in [-0.15, -0.1) is 0 Å². The van der Waals surface area contributed by atoms with Crippen LogP contribution < -0.4 is 11.1 Å². The van der Waals surface area contributed by atoms with Crippen molar-refractivity contribution in [2.24, 2.45) is 5.73 Å². The van der Waals surface area contributed by atoms with Gasteiger partial charge >= 0.3 is 6.09 Å². The molecule has 0 spiro atoms. The molecule has 0 saturated carbocycles. The highest BCUT2D eigenvalue weighted by molar-refractivity contribution is 5.67. The highest BCUT2D eigenvalue weighted by Gasteiger charge is 2.22. The van der Waals surface area contributed by atoms with Gasteiger partial charge in [0.15, 0.2) is 0 Å². The van der Waals surface area contributed by atoms with Crippen molar-refractivity contribution in [2.45, 2.75) is 32.2 Å². The molecule has 5 heteroatoms. The minimum atomic E-state index is -0.178. The van der Waals surface area contributed by atoms with E-state index in [1.165, 1.54) is 0 Å². The average Bonchev–Trinajstić information content (AvgIpc) is 2.30. The maximum atomic E-state index is 11.4. The summed E-state index contributed by atoms with van der Waals surface area (Å²) < 4.78 is 4.97. The molecule has 0 radical (unpaired) electrons. The third kappa shape index (κ3) is 4.37. The normalized spacial score (nSPS) is 17.5. The van der Waals surface area contributed by atoms with Crippen LogP contribution in [-0.2, 0) is 4.74 Å². The summed E-state index contributed by atoms with van der Waals surface area (Å²) in [4.78, 5) is 13.2. The maximum Gasteiger partial charge on any atom is 0.409 e. The Morgan fingerprint density at radius 1 is 1.50 bits per heavy atom. The zero-order valence-corrected chi connectivity index (χ0v) is 10.1. The Hall–Kier alpha value is -0.810. The lowest BCUT2D eigenvalue weighted by atomic mass is 10.1. The fourth-order valence-electron chi connectivity index (χ4n) is 1.89. The number of hydrogen-bond donors (Lipinski definition) is 2. The molecule has 0 aromatic rings. The molecule has 16 heavy (non-hydrogen) atoms. The van der Waals surface area contributed by atoms with Crippen LogP contribution in [0.4, 0.5) is 4.79 Å². The van der Waals surface area contributed by atoms with Gasteiger partial charge in [0.25, 0.3) is 0 Å². The Morgan fingerprint density at radius 3 is 2.75 bits per heavy atom. The second-order valence-corrected chi connectivity index (χ2v) is 4.06. The predicted molar refractivity (Wildman–Crippen MR) is 63.3 cm³/mol. The van der Waals surface area contributed by atoms with E-state index in [2.05, 4.69) is 5.32 Å². The highest BCUT2D eigenvalue weighted by Crippen LogP contribution is 2.11. The number of nitrogens with zero attached hydrogens (tertiary/aromatic N) is 1. The summed E-state index contributed by atoms with van der Waals surface area (Å²) >= 11 is 0.